The molecule has 0 atom stereocenters. The van der Waals surface area contributed by atoms with E-state index in [-0.39, 0.29) is 16.9 Å². The fourth-order valence-corrected chi connectivity index (χ4v) is 3.46. The first-order valence-corrected chi connectivity index (χ1v) is 9.61. The second-order valence-electron chi connectivity index (χ2n) is 6.25. The monoisotopic (exact) mass is 421 g/mol. The number of hydrogen-bond acceptors (Lipinski definition) is 8. The number of aromatic nitrogens is 4. The van der Waals surface area contributed by atoms with Crippen molar-refractivity contribution in [2.24, 2.45) is 0 Å². The van der Waals surface area contributed by atoms with Crippen molar-refractivity contribution in [1.29, 1.82) is 0 Å². The van der Waals surface area contributed by atoms with Gasteiger partial charge in [0.25, 0.3) is 11.6 Å². The molecule has 0 spiro atoms. The van der Waals surface area contributed by atoms with E-state index in [2.05, 4.69) is 25.7 Å². The lowest BCUT2D eigenvalue weighted by molar-refractivity contribution is -0.384. The van der Waals surface area contributed by atoms with E-state index in [9.17, 15) is 14.9 Å². The van der Waals surface area contributed by atoms with E-state index < -0.39 is 10.8 Å². The van der Waals surface area contributed by atoms with Crippen LogP contribution in [0.1, 0.15) is 16.1 Å². The predicted molar refractivity (Wildman–Crippen MR) is 113 cm³/mol. The Hall–Kier alpha value is -4.12. The van der Waals surface area contributed by atoms with Crippen molar-refractivity contribution >= 4 is 39.4 Å². The van der Waals surface area contributed by atoms with Gasteiger partial charge in [-0.1, -0.05) is 6.07 Å². The third kappa shape index (κ3) is 4.15. The number of nitro benzene ring substituents is 1. The van der Waals surface area contributed by atoms with Gasteiger partial charge in [-0.25, -0.2) is 14.6 Å². The van der Waals surface area contributed by atoms with Crippen molar-refractivity contribution in [3.05, 3.63) is 81.9 Å². The van der Waals surface area contributed by atoms with Gasteiger partial charge in [0.2, 0.25) is 0 Å². The number of thiazole rings is 1. The van der Waals surface area contributed by atoms with Crippen LogP contribution in [0.25, 0.3) is 5.69 Å². The summed E-state index contributed by atoms with van der Waals surface area (Å²) in [5.41, 5.74) is 2.35. The van der Waals surface area contributed by atoms with Crippen molar-refractivity contribution in [3.8, 4) is 5.69 Å². The molecule has 11 heteroatoms. The average molecular weight is 421 g/mol. The molecule has 0 fully saturated rings. The molecule has 0 saturated heterocycles. The topological polar surface area (TPSA) is 128 Å². The summed E-state index contributed by atoms with van der Waals surface area (Å²) in [6.45, 7) is 1.91. The number of carbonyl (C=O) groups is 1. The highest BCUT2D eigenvalue weighted by atomic mass is 32.1. The molecule has 2 aromatic heterocycles. The van der Waals surface area contributed by atoms with E-state index in [1.165, 1.54) is 46.9 Å². The average Bonchev–Trinajstić information content (AvgIpc) is 3.40. The number of aryl methyl sites for hydroxylation is 1. The van der Waals surface area contributed by atoms with E-state index in [4.69, 9.17) is 0 Å². The van der Waals surface area contributed by atoms with Gasteiger partial charge in [-0.05, 0) is 37.3 Å². The van der Waals surface area contributed by atoms with Crippen LogP contribution in [-0.2, 0) is 0 Å². The molecule has 4 rings (SSSR count). The molecule has 0 unspecified atom stereocenters. The molecule has 0 aliphatic heterocycles. The third-order valence-electron chi connectivity index (χ3n) is 4.09. The fourth-order valence-electron chi connectivity index (χ4n) is 2.75. The fraction of sp³-hybridized carbons (Fsp3) is 0.0526. The minimum Gasteiger partial charge on any atom is -0.331 e. The first kappa shape index (κ1) is 19.2. The summed E-state index contributed by atoms with van der Waals surface area (Å²) in [4.78, 5) is 31.7. The number of nitrogens with zero attached hydrogens (tertiary/aromatic N) is 5. The standard InChI is InChI=1S/C19H15N7O3S/c1-12-9-30-19(22-12)24-15-4-2-3-14(8-15)23-18(27)13-5-6-16(17(7-13)26(28)29)25-11-20-10-21-25/h2-11H,1H3,(H,22,24)(H,23,27). The van der Waals surface area contributed by atoms with Crippen LogP contribution in [-0.4, -0.2) is 30.6 Å². The van der Waals surface area contributed by atoms with Gasteiger partial charge in [0, 0.05) is 28.4 Å². The molecule has 2 heterocycles. The lowest BCUT2D eigenvalue weighted by Gasteiger charge is -2.09. The van der Waals surface area contributed by atoms with Gasteiger partial charge in [0.05, 0.1) is 10.6 Å². The van der Waals surface area contributed by atoms with E-state index in [0.29, 0.717) is 5.69 Å². The van der Waals surface area contributed by atoms with Crippen LogP contribution >= 0.6 is 11.3 Å². The van der Waals surface area contributed by atoms with Crippen LogP contribution in [0.15, 0.2) is 60.5 Å². The first-order chi connectivity index (χ1) is 14.5. The molecule has 4 aromatic rings. The molecule has 10 nitrogen and oxygen atoms in total. The van der Waals surface area contributed by atoms with E-state index in [1.807, 2.05) is 18.4 Å². The highest BCUT2D eigenvalue weighted by molar-refractivity contribution is 7.13. The summed E-state index contributed by atoms with van der Waals surface area (Å²) in [6.07, 6.45) is 2.63. The summed E-state index contributed by atoms with van der Waals surface area (Å²) in [7, 11) is 0. The van der Waals surface area contributed by atoms with Crippen LogP contribution in [0, 0.1) is 17.0 Å². The predicted octanol–water partition coefficient (Wildman–Crippen LogP) is 3.94. The second kappa shape index (κ2) is 8.09. The number of rotatable bonds is 6. The summed E-state index contributed by atoms with van der Waals surface area (Å²) >= 11 is 1.48. The van der Waals surface area contributed by atoms with Crippen LogP contribution in [0.2, 0.25) is 0 Å². The van der Waals surface area contributed by atoms with Gasteiger partial charge in [-0.3, -0.25) is 14.9 Å². The summed E-state index contributed by atoms with van der Waals surface area (Å²) in [5, 5.41) is 24.0. The van der Waals surface area contributed by atoms with Gasteiger partial charge < -0.3 is 10.6 Å². The number of amides is 1. The lowest BCUT2D eigenvalue weighted by atomic mass is 10.1. The Labute approximate surface area is 174 Å². The Bertz CT molecular complexity index is 1220. The zero-order valence-corrected chi connectivity index (χ0v) is 16.5. The maximum absolute atomic E-state index is 12.7. The molecule has 2 N–H and O–H groups in total. The Morgan fingerprint density at radius 2 is 2.03 bits per heavy atom. The van der Waals surface area contributed by atoms with E-state index in [1.54, 1.807) is 18.2 Å². The Kier molecular flexibility index (Phi) is 5.18. The minimum atomic E-state index is -0.561. The Morgan fingerprint density at radius 3 is 2.73 bits per heavy atom. The van der Waals surface area contributed by atoms with E-state index in [0.717, 1.165) is 16.5 Å². The molecule has 30 heavy (non-hydrogen) atoms. The normalized spacial score (nSPS) is 10.6. The zero-order chi connectivity index (χ0) is 21.1. The Balaban J connectivity index is 1.54. The molecule has 0 aliphatic rings. The lowest BCUT2D eigenvalue weighted by Crippen LogP contribution is -2.13. The van der Waals surface area contributed by atoms with Crippen molar-refractivity contribution < 1.29 is 9.72 Å². The van der Waals surface area contributed by atoms with Crippen LogP contribution in [0.5, 0.6) is 0 Å². The quantitative estimate of drug-likeness (QED) is 0.356. The van der Waals surface area contributed by atoms with Gasteiger partial charge >= 0.3 is 0 Å². The number of nitro groups is 1. The Morgan fingerprint density at radius 1 is 1.20 bits per heavy atom. The highest BCUT2D eigenvalue weighted by Gasteiger charge is 2.19. The van der Waals surface area contributed by atoms with Crippen LogP contribution in [0.4, 0.5) is 22.2 Å². The molecule has 0 saturated carbocycles. The summed E-state index contributed by atoms with van der Waals surface area (Å²) in [5.74, 6) is -0.467. The van der Waals surface area contributed by atoms with Gasteiger partial charge in [-0.2, -0.15) is 5.10 Å². The number of anilines is 3. The largest absolute Gasteiger partial charge is 0.331 e. The first-order valence-electron chi connectivity index (χ1n) is 8.73. The number of nitrogens with one attached hydrogen (secondary N) is 2. The van der Waals surface area contributed by atoms with Crippen LogP contribution in [0.3, 0.4) is 0 Å². The maximum atomic E-state index is 12.7. The zero-order valence-electron chi connectivity index (χ0n) is 15.6. The molecule has 2 aromatic carbocycles. The molecule has 150 valence electrons. The molecule has 0 radical (unpaired) electrons. The van der Waals surface area contributed by atoms with Gasteiger partial charge in [0.1, 0.15) is 18.3 Å². The van der Waals surface area contributed by atoms with Crippen molar-refractivity contribution in [3.63, 3.8) is 0 Å². The maximum Gasteiger partial charge on any atom is 0.295 e. The molecule has 0 aliphatic carbocycles. The molecular weight excluding hydrogens is 406 g/mol. The van der Waals surface area contributed by atoms with Crippen LogP contribution < -0.4 is 10.6 Å². The third-order valence-corrected chi connectivity index (χ3v) is 4.97. The molecule has 1 amide bonds. The van der Waals surface area contributed by atoms with Crippen molar-refractivity contribution in [1.82, 2.24) is 19.7 Å². The summed E-state index contributed by atoms with van der Waals surface area (Å²) in [6, 6.07) is 11.3. The molecule has 0 bridgehead atoms. The minimum absolute atomic E-state index is 0.152. The second-order valence-corrected chi connectivity index (χ2v) is 7.11. The molecular formula is C19H15N7O3S. The number of carbonyl (C=O) groups excluding carboxylic acids is 1. The van der Waals surface area contributed by atoms with E-state index >= 15 is 0 Å². The van der Waals surface area contributed by atoms with Gasteiger partial charge in [0.15, 0.2) is 5.13 Å². The highest BCUT2D eigenvalue weighted by Crippen LogP contribution is 2.25. The van der Waals surface area contributed by atoms with Gasteiger partial charge in [-0.15, -0.1) is 11.3 Å². The number of hydrogen-bond donors (Lipinski definition) is 2. The smallest absolute Gasteiger partial charge is 0.295 e. The van der Waals surface area contributed by atoms with Crippen molar-refractivity contribution in [2.75, 3.05) is 10.6 Å². The summed E-state index contributed by atoms with van der Waals surface area (Å²) < 4.78 is 1.27. The number of benzene rings is 2. The SMILES string of the molecule is Cc1csc(Nc2cccc(NC(=O)c3ccc(-n4cncn4)c([N+](=O)[O-])c3)c2)n1. The van der Waals surface area contributed by atoms with Crippen molar-refractivity contribution in [2.45, 2.75) is 6.92 Å².